The maximum Gasteiger partial charge on any atom is 0.253 e. The van der Waals surface area contributed by atoms with E-state index < -0.39 is 0 Å². The molecule has 1 saturated carbocycles. The molecular formula is C25H39N3O2. The maximum absolute atomic E-state index is 12.8. The van der Waals surface area contributed by atoms with E-state index in [4.69, 9.17) is 0 Å². The standard InChI is InChI=1S/C25H39N3O2/c1-4-15-28(18-24(29)26-23-12-8-9-19(2)20(23)3)22-13-16-27(17-14-22)25(30)21-10-6-5-7-11-21/h5-7,10-11,19-20,22-23H,4,8-9,12-18H2,1-3H3,(H,26,29). The lowest BCUT2D eigenvalue weighted by Gasteiger charge is -2.39. The Morgan fingerprint density at radius 1 is 1.07 bits per heavy atom. The lowest BCUT2D eigenvalue weighted by Crippen LogP contribution is -2.52. The van der Waals surface area contributed by atoms with Crippen molar-refractivity contribution in [3.63, 3.8) is 0 Å². The summed E-state index contributed by atoms with van der Waals surface area (Å²) in [5, 5.41) is 3.33. The highest BCUT2D eigenvalue weighted by atomic mass is 16.2. The number of likely N-dealkylation sites (tertiary alicyclic amines) is 1. The van der Waals surface area contributed by atoms with E-state index in [-0.39, 0.29) is 11.8 Å². The zero-order valence-electron chi connectivity index (χ0n) is 19.0. The average molecular weight is 414 g/mol. The molecule has 1 aliphatic carbocycles. The van der Waals surface area contributed by atoms with E-state index in [1.807, 2.05) is 35.2 Å². The summed E-state index contributed by atoms with van der Waals surface area (Å²) in [4.78, 5) is 29.8. The van der Waals surface area contributed by atoms with Crippen LogP contribution in [-0.4, -0.2) is 59.9 Å². The Balaban J connectivity index is 1.51. The number of nitrogens with zero attached hydrogens (tertiary/aromatic N) is 2. The molecule has 1 N–H and O–H groups in total. The summed E-state index contributed by atoms with van der Waals surface area (Å²) in [6.07, 6.45) is 6.49. The summed E-state index contributed by atoms with van der Waals surface area (Å²) in [5.41, 5.74) is 0.761. The summed E-state index contributed by atoms with van der Waals surface area (Å²) >= 11 is 0. The molecule has 2 amide bonds. The van der Waals surface area contributed by atoms with E-state index in [0.717, 1.165) is 50.9 Å². The van der Waals surface area contributed by atoms with Crippen molar-refractivity contribution >= 4 is 11.8 Å². The van der Waals surface area contributed by atoms with Gasteiger partial charge in [-0.2, -0.15) is 0 Å². The molecule has 0 radical (unpaired) electrons. The molecule has 5 heteroatoms. The van der Waals surface area contributed by atoms with Crippen LogP contribution in [0.5, 0.6) is 0 Å². The van der Waals surface area contributed by atoms with Gasteiger partial charge in [-0.25, -0.2) is 0 Å². The van der Waals surface area contributed by atoms with Crippen LogP contribution in [-0.2, 0) is 4.79 Å². The molecule has 3 unspecified atom stereocenters. The van der Waals surface area contributed by atoms with Crippen molar-refractivity contribution in [2.24, 2.45) is 11.8 Å². The molecule has 2 aliphatic rings. The van der Waals surface area contributed by atoms with Crippen LogP contribution in [0.3, 0.4) is 0 Å². The van der Waals surface area contributed by atoms with E-state index in [9.17, 15) is 9.59 Å². The molecule has 0 aromatic heterocycles. The summed E-state index contributed by atoms with van der Waals surface area (Å²) in [7, 11) is 0. The van der Waals surface area contributed by atoms with Crippen molar-refractivity contribution < 1.29 is 9.59 Å². The van der Waals surface area contributed by atoms with E-state index >= 15 is 0 Å². The molecule has 1 aromatic carbocycles. The molecule has 30 heavy (non-hydrogen) atoms. The molecule has 0 bridgehead atoms. The molecule has 1 aliphatic heterocycles. The zero-order valence-corrected chi connectivity index (χ0v) is 19.0. The minimum absolute atomic E-state index is 0.120. The molecule has 2 fully saturated rings. The Labute approximate surface area is 182 Å². The van der Waals surface area contributed by atoms with Crippen LogP contribution in [0.4, 0.5) is 0 Å². The minimum atomic E-state index is 0.120. The number of carbonyl (C=O) groups is 2. The second kappa shape index (κ2) is 10.9. The lowest BCUT2D eigenvalue weighted by molar-refractivity contribution is -0.124. The van der Waals surface area contributed by atoms with Gasteiger partial charge in [-0.15, -0.1) is 0 Å². The topological polar surface area (TPSA) is 52.7 Å². The molecule has 1 aromatic rings. The predicted molar refractivity (Wildman–Crippen MR) is 121 cm³/mol. The third kappa shape index (κ3) is 5.84. The molecule has 166 valence electrons. The first kappa shape index (κ1) is 22.8. The highest BCUT2D eigenvalue weighted by Gasteiger charge is 2.31. The fourth-order valence-corrected chi connectivity index (χ4v) is 5.10. The smallest absolute Gasteiger partial charge is 0.253 e. The number of hydrogen-bond acceptors (Lipinski definition) is 3. The van der Waals surface area contributed by atoms with Gasteiger partial charge in [0.25, 0.3) is 5.91 Å². The average Bonchev–Trinajstić information content (AvgIpc) is 2.77. The van der Waals surface area contributed by atoms with Gasteiger partial charge in [0.2, 0.25) is 5.91 Å². The number of amides is 2. The number of piperidine rings is 1. The van der Waals surface area contributed by atoms with E-state index in [1.54, 1.807) is 0 Å². The molecule has 3 rings (SSSR count). The second-order valence-corrected chi connectivity index (χ2v) is 9.30. The van der Waals surface area contributed by atoms with Crippen LogP contribution < -0.4 is 5.32 Å². The summed E-state index contributed by atoms with van der Waals surface area (Å²) < 4.78 is 0. The van der Waals surface area contributed by atoms with Crippen molar-refractivity contribution in [3.05, 3.63) is 35.9 Å². The monoisotopic (exact) mass is 413 g/mol. The van der Waals surface area contributed by atoms with Crippen LogP contribution in [0.25, 0.3) is 0 Å². The van der Waals surface area contributed by atoms with Gasteiger partial charge in [0.05, 0.1) is 6.54 Å². The molecule has 1 heterocycles. The Hall–Kier alpha value is -1.88. The van der Waals surface area contributed by atoms with Gasteiger partial charge in [-0.3, -0.25) is 14.5 Å². The van der Waals surface area contributed by atoms with Crippen LogP contribution in [0.1, 0.15) is 69.7 Å². The van der Waals surface area contributed by atoms with Crippen LogP contribution in [0.2, 0.25) is 0 Å². The quantitative estimate of drug-likeness (QED) is 0.737. The Morgan fingerprint density at radius 3 is 2.43 bits per heavy atom. The second-order valence-electron chi connectivity index (χ2n) is 9.30. The van der Waals surface area contributed by atoms with Gasteiger partial charge < -0.3 is 10.2 Å². The molecule has 1 saturated heterocycles. The SMILES string of the molecule is CCCN(CC(=O)NC1CCCC(C)C1C)C1CCN(C(=O)c2ccccc2)CC1. The first-order valence-corrected chi connectivity index (χ1v) is 11.9. The molecular weight excluding hydrogens is 374 g/mol. The Kier molecular flexibility index (Phi) is 8.32. The van der Waals surface area contributed by atoms with Crippen LogP contribution in [0.15, 0.2) is 30.3 Å². The summed E-state index contributed by atoms with van der Waals surface area (Å²) in [6.45, 7) is 9.68. The number of hydrogen-bond donors (Lipinski definition) is 1. The number of benzene rings is 1. The summed E-state index contributed by atoms with van der Waals surface area (Å²) in [5.74, 6) is 1.52. The first-order valence-electron chi connectivity index (χ1n) is 11.9. The zero-order chi connectivity index (χ0) is 21.5. The number of carbonyl (C=O) groups excluding carboxylic acids is 2. The van der Waals surface area contributed by atoms with Gasteiger partial charge in [-0.05, 0) is 56.2 Å². The van der Waals surface area contributed by atoms with Gasteiger partial charge in [0, 0.05) is 30.7 Å². The summed E-state index contributed by atoms with van der Waals surface area (Å²) in [6, 6.07) is 10.2. The third-order valence-corrected chi connectivity index (χ3v) is 7.20. The van der Waals surface area contributed by atoms with Gasteiger partial charge in [-0.1, -0.05) is 51.8 Å². The van der Waals surface area contributed by atoms with Crippen molar-refractivity contribution in [1.29, 1.82) is 0 Å². The van der Waals surface area contributed by atoms with Crippen molar-refractivity contribution in [3.8, 4) is 0 Å². The molecule has 3 atom stereocenters. The minimum Gasteiger partial charge on any atom is -0.352 e. The van der Waals surface area contributed by atoms with Crippen LogP contribution in [0, 0.1) is 11.8 Å². The van der Waals surface area contributed by atoms with Crippen LogP contribution >= 0.6 is 0 Å². The predicted octanol–water partition coefficient (Wildman–Crippen LogP) is 3.94. The fraction of sp³-hybridized carbons (Fsp3) is 0.680. The first-order chi connectivity index (χ1) is 14.5. The molecule has 0 spiro atoms. The van der Waals surface area contributed by atoms with Gasteiger partial charge in [0.15, 0.2) is 0 Å². The highest BCUT2D eigenvalue weighted by Crippen LogP contribution is 2.29. The van der Waals surface area contributed by atoms with Gasteiger partial charge >= 0.3 is 0 Å². The van der Waals surface area contributed by atoms with Crippen molar-refractivity contribution in [2.75, 3.05) is 26.2 Å². The number of nitrogens with one attached hydrogen (secondary N) is 1. The van der Waals surface area contributed by atoms with Crippen molar-refractivity contribution in [2.45, 2.75) is 71.4 Å². The van der Waals surface area contributed by atoms with E-state index in [0.29, 0.717) is 30.5 Å². The fourth-order valence-electron chi connectivity index (χ4n) is 5.10. The Bertz CT molecular complexity index is 685. The normalized spacial score (nSPS) is 25.3. The van der Waals surface area contributed by atoms with E-state index in [2.05, 4.69) is 31.0 Å². The maximum atomic E-state index is 12.8. The van der Waals surface area contributed by atoms with Gasteiger partial charge in [0.1, 0.15) is 0 Å². The molecule has 5 nitrogen and oxygen atoms in total. The third-order valence-electron chi connectivity index (χ3n) is 7.20. The number of rotatable bonds is 7. The largest absolute Gasteiger partial charge is 0.352 e. The van der Waals surface area contributed by atoms with E-state index in [1.165, 1.54) is 12.8 Å². The highest BCUT2D eigenvalue weighted by molar-refractivity contribution is 5.94. The van der Waals surface area contributed by atoms with Crippen molar-refractivity contribution in [1.82, 2.24) is 15.1 Å². The Morgan fingerprint density at radius 2 is 1.77 bits per heavy atom. The lowest BCUT2D eigenvalue weighted by atomic mass is 9.78.